The summed E-state index contributed by atoms with van der Waals surface area (Å²) in [4.78, 5) is 27.9. The molecule has 2 N–H and O–H groups in total. The highest BCUT2D eigenvalue weighted by molar-refractivity contribution is 6.07. The zero-order valence-electron chi connectivity index (χ0n) is 15.0. The molecule has 0 spiro atoms. The molecule has 0 unspecified atom stereocenters. The summed E-state index contributed by atoms with van der Waals surface area (Å²) in [5.41, 5.74) is 1.42. The standard InChI is InChI=1S/C21H17FN2O4/c1-2-28-16-5-3-4-13(10-16)18-8-6-14(12-23-18)20(25)24-19-9-7-15(22)11-17(19)21(26)27/h3-12H,2H2,1H3,(H,24,25)(H,26,27). The fraction of sp³-hybridized carbons (Fsp3) is 0.0952. The molecule has 0 aliphatic carbocycles. The number of aromatic carboxylic acids is 1. The van der Waals surface area contributed by atoms with E-state index in [-0.39, 0.29) is 16.8 Å². The monoisotopic (exact) mass is 380 g/mol. The first-order chi connectivity index (χ1) is 13.5. The number of aromatic nitrogens is 1. The molecule has 3 rings (SSSR count). The lowest BCUT2D eigenvalue weighted by molar-refractivity contribution is 0.0697. The van der Waals surface area contributed by atoms with Crippen LogP contribution in [0.25, 0.3) is 11.3 Å². The number of rotatable bonds is 6. The maximum absolute atomic E-state index is 13.3. The van der Waals surface area contributed by atoms with Crippen LogP contribution in [0.2, 0.25) is 0 Å². The molecule has 3 aromatic rings. The fourth-order valence-electron chi connectivity index (χ4n) is 2.61. The summed E-state index contributed by atoms with van der Waals surface area (Å²) in [6.45, 7) is 2.45. The third-order valence-corrected chi connectivity index (χ3v) is 3.93. The number of anilines is 1. The molecule has 1 aromatic heterocycles. The topological polar surface area (TPSA) is 88.5 Å². The van der Waals surface area contributed by atoms with Crippen molar-refractivity contribution in [1.29, 1.82) is 0 Å². The average Bonchev–Trinajstić information content (AvgIpc) is 2.70. The Balaban J connectivity index is 1.79. The Hall–Kier alpha value is -3.74. The minimum Gasteiger partial charge on any atom is -0.494 e. The quantitative estimate of drug-likeness (QED) is 0.668. The molecule has 0 aliphatic heterocycles. The predicted octanol–water partition coefficient (Wildman–Crippen LogP) is 4.24. The Morgan fingerprint density at radius 3 is 2.64 bits per heavy atom. The summed E-state index contributed by atoms with van der Waals surface area (Å²) >= 11 is 0. The molecule has 142 valence electrons. The van der Waals surface area contributed by atoms with Gasteiger partial charge in [-0.15, -0.1) is 0 Å². The lowest BCUT2D eigenvalue weighted by atomic mass is 10.1. The summed E-state index contributed by atoms with van der Waals surface area (Å²) < 4.78 is 18.7. The van der Waals surface area contributed by atoms with Crippen LogP contribution in [-0.2, 0) is 0 Å². The zero-order valence-corrected chi connectivity index (χ0v) is 15.0. The second kappa shape index (κ2) is 8.30. The number of carboxylic acid groups (broad SMARTS) is 1. The van der Waals surface area contributed by atoms with Gasteiger partial charge in [0.25, 0.3) is 5.91 Å². The molecule has 1 amide bonds. The van der Waals surface area contributed by atoms with Crippen LogP contribution in [0.1, 0.15) is 27.6 Å². The highest BCUT2D eigenvalue weighted by Crippen LogP contribution is 2.23. The third kappa shape index (κ3) is 4.32. The van der Waals surface area contributed by atoms with E-state index >= 15 is 0 Å². The number of amides is 1. The first kappa shape index (κ1) is 19.0. The molecule has 28 heavy (non-hydrogen) atoms. The molecular weight excluding hydrogens is 363 g/mol. The first-order valence-corrected chi connectivity index (χ1v) is 8.51. The number of hydrogen-bond acceptors (Lipinski definition) is 4. The number of ether oxygens (including phenoxy) is 1. The molecule has 0 saturated carbocycles. The van der Waals surface area contributed by atoms with Gasteiger partial charge in [-0.3, -0.25) is 9.78 Å². The number of benzene rings is 2. The number of pyridine rings is 1. The van der Waals surface area contributed by atoms with Crippen molar-refractivity contribution in [1.82, 2.24) is 4.98 Å². The predicted molar refractivity (Wildman–Crippen MR) is 102 cm³/mol. The second-order valence-electron chi connectivity index (χ2n) is 5.84. The highest BCUT2D eigenvalue weighted by Gasteiger charge is 2.15. The summed E-state index contributed by atoms with van der Waals surface area (Å²) in [6, 6.07) is 13.8. The summed E-state index contributed by atoms with van der Waals surface area (Å²) in [6.07, 6.45) is 1.39. The van der Waals surface area contributed by atoms with Crippen LogP contribution in [-0.4, -0.2) is 28.6 Å². The zero-order chi connectivity index (χ0) is 20.1. The number of carboxylic acids is 1. The smallest absolute Gasteiger partial charge is 0.337 e. The van der Waals surface area contributed by atoms with Gasteiger partial charge in [0, 0.05) is 11.8 Å². The fourth-order valence-corrected chi connectivity index (χ4v) is 2.61. The Morgan fingerprint density at radius 1 is 1.14 bits per heavy atom. The molecule has 2 aromatic carbocycles. The molecule has 0 atom stereocenters. The van der Waals surface area contributed by atoms with Gasteiger partial charge in [-0.05, 0) is 49.4 Å². The SMILES string of the molecule is CCOc1cccc(-c2ccc(C(=O)Nc3ccc(F)cc3C(=O)O)cn2)c1. The van der Waals surface area contributed by atoms with Gasteiger partial charge in [0.1, 0.15) is 11.6 Å². The molecule has 6 nitrogen and oxygen atoms in total. The van der Waals surface area contributed by atoms with E-state index in [1.165, 1.54) is 12.3 Å². The Bertz CT molecular complexity index is 1020. The maximum Gasteiger partial charge on any atom is 0.337 e. The Kier molecular flexibility index (Phi) is 5.64. The van der Waals surface area contributed by atoms with Crippen LogP contribution >= 0.6 is 0 Å². The lowest BCUT2D eigenvalue weighted by Crippen LogP contribution is -2.15. The van der Waals surface area contributed by atoms with Crippen molar-refractivity contribution in [3.05, 3.63) is 77.7 Å². The Morgan fingerprint density at radius 2 is 1.96 bits per heavy atom. The van der Waals surface area contributed by atoms with Crippen LogP contribution in [0, 0.1) is 5.82 Å². The number of hydrogen-bond donors (Lipinski definition) is 2. The minimum absolute atomic E-state index is 0.00684. The molecule has 7 heteroatoms. The second-order valence-corrected chi connectivity index (χ2v) is 5.84. The van der Waals surface area contributed by atoms with Crippen molar-refractivity contribution in [3.63, 3.8) is 0 Å². The molecule has 0 bridgehead atoms. The van der Waals surface area contributed by atoms with E-state index < -0.39 is 17.7 Å². The van der Waals surface area contributed by atoms with E-state index in [9.17, 15) is 14.0 Å². The molecular formula is C21H17FN2O4. The van der Waals surface area contributed by atoms with Gasteiger partial charge in [-0.25, -0.2) is 9.18 Å². The largest absolute Gasteiger partial charge is 0.494 e. The number of carbonyl (C=O) groups excluding carboxylic acids is 1. The van der Waals surface area contributed by atoms with E-state index in [4.69, 9.17) is 9.84 Å². The molecule has 1 heterocycles. The number of carbonyl (C=O) groups is 2. The van der Waals surface area contributed by atoms with E-state index in [0.29, 0.717) is 12.3 Å². The summed E-state index contributed by atoms with van der Waals surface area (Å²) in [7, 11) is 0. The van der Waals surface area contributed by atoms with Crippen LogP contribution in [0.15, 0.2) is 60.8 Å². The number of nitrogens with zero attached hydrogens (tertiary/aromatic N) is 1. The highest BCUT2D eigenvalue weighted by atomic mass is 19.1. The van der Waals surface area contributed by atoms with Gasteiger partial charge < -0.3 is 15.2 Å². The summed E-state index contributed by atoms with van der Waals surface area (Å²) in [5.74, 6) is -1.86. The molecule has 0 fully saturated rings. The van der Waals surface area contributed by atoms with E-state index in [1.807, 2.05) is 31.2 Å². The van der Waals surface area contributed by atoms with Gasteiger partial charge >= 0.3 is 5.97 Å². The van der Waals surface area contributed by atoms with Gasteiger partial charge in [0.15, 0.2) is 0 Å². The van der Waals surface area contributed by atoms with Crippen molar-refractivity contribution in [3.8, 4) is 17.0 Å². The first-order valence-electron chi connectivity index (χ1n) is 8.51. The number of nitrogens with one attached hydrogen (secondary N) is 1. The van der Waals surface area contributed by atoms with E-state index in [1.54, 1.807) is 12.1 Å². The molecule has 0 radical (unpaired) electrons. The van der Waals surface area contributed by atoms with Gasteiger partial charge in [0.2, 0.25) is 0 Å². The van der Waals surface area contributed by atoms with Crippen molar-refractivity contribution in [2.75, 3.05) is 11.9 Å². The normalized spacial score (nSPS) is 10.4. The van der Waals surface area contributed by atoms with Gasteiger partial charge in [-0.2, -0.15) is 0 Å². The van der Waals surface area contributed by atoms with Crippen molar-refractivity contribution in [2.45, 2.75) is 6.92 Å². The van der Waals surface area contributed by atoms with Crippen molar-refractivity contribution < 1.29 is 23.8 Å². The van der Waals surface area contributed by atoms with Crippen molar-refractivity contribution in [2.24, 2.45) is 0 Å². The Labute approximate surface area is 160 Å². The van der Waals surface area contributed by atoms with Gasteiger partial charge in [-0.1, -0.05) is 12.1 Å². The average molecular weight is 380 g/mol. The van der Waals surface area contributed by atoms with E-state index in [2.05, 4.69) is 10.3 Å². The van der Waals surface area contributed by atoms with Crippen LogP contribution in [0.5, 0.6) is 5.75 Å². The van der Waals surface area contributed by atoms with Crippen LogP contribution < -0.4 is 10.1 Å². The van der Waals surface area contributed by atoms with Gasteiger partial charge in [0.05, 0.1) is 29.1 Å². The minimum atomic E-state index is -1.34. The molecule has 0 saturated heterocycles. The number of halogens is 1. The van der Waals surface area contributed by atoms with Crippen LogP contribution in [0.3, 0.4) is 0 Å². The lowest BCUT2D eigenvalue weighted by Gasteiger charge is -2.09. The maximum atomic E-state index is 13.3. The summed E-state index contributed by atoms with van der Waals surface area (Å²) in [5, 5.41) is 11.6. The van der Waals surface area contributed by atoms with Crippen molar-refractivity contribution >= 4 is 17.6 Å². The van der Waals surface area contributed by atoms with E-state index in [0.717, 1.165) is 23.4 Å². The van der Waals surface area contributed by atoms with Crippen LogP contribution in [0.4, 0.5) is 10.1 Å². The molecule has 0 aliphatic rings. The third-order valence-electron chi connectivity index (χ3n) is 3.93.